The molecule has 0 fully saturated rings. The van der Waals surface area contributed by atoms with Crippen molar-refractivity contribution in [3.8, 4) is 5.75 Å². The highest BCUT2D eigenvalue weighted by atomic mass is 16.5. The molecule has 0 aliphatic carbocycles. The third kappa shape index (κ3) is 3.31. The summed E-state index contributed by atoms with van der Waals surface area (Å²) in [5, 5.41) is 8.98. The van der Waals surface area contributed by atoms with Crippen molar-refractivity contribution in [2.24, 2.45) is 0 Å². The zero-order valence-electron chi connectivity index (χ0n) is 13.0. The van der Waals surface area contributed by atoms with Crippen LogP contribution in [0.5, 0.6) is 5.75 Å². The number of hydrogen-bond donors (Lipinski definition) is 1. The molecular weight excluding hydrogens is 273 g/mol. The summed E-state index contributed by atoms with van der Waals surface area (Å²) in [6, 6.07) is 16.5. The van der Waals surface area contributed by atoms with Crippen LogP contribution in [0.3, 0.4) is 0 Å². The number of ether oxygens (including phenoxy) is 1. The van der Waals surface area contributed by atoms with Crippen molar-refractivity contribution in [2.45, 2.75) is 13.5 Å². The summed E-state index contributed by atoms with van der Waals surface area (Å²) in [5.41, 5.74) is 3.44. The maximum Gasteiger partial charge on any atom is 0.249 e. The van der Waals surface area contributed by atoms with Gasteiger partial charge in [0.1, 0.15) is 12.4 Å². The molecule has 4 nitrogen and oxygen atoms in total. The van der Waals surface area contributed by atoms with Crippen molar-refractivity contribution < 1.29 is 4.74 Å². The van der Waals surface area contributed by atoms with Crippen molar-refractivity contribution in [1.82, 2.24) is 15.0 Å². The first-order chi connectivity index (χ1) is 10.7. The zero-order valence-corrected chi connectivity index (χ0v) is 13.0. The molecule has 1 heterocycles. The molecule has 3 rings (SSSR count). The Bertz CT molecular complexity index is 755. The predicted octanol–water partition coefficient (Wildman–Crippen LogP) is 1.91. The molecule has 0 bridgehead atoms. The number of aryl methyl sites for hydroxylation is 1. The SMILES string of the molecule is Bn1nc(C)c2ccc(OCCNCc3ccccc3)cc21. The van der Waals surface area contributed by atoms with Crippen LogP contribution in [0.15, 0.2) is 48.5 Å². The maximum atomic E-state index is 5.81. The van der Waals surface area contributed by atoms with Crippen LogP contribution in [0, 0.1) is 6.92 Å². The van der Waals surface area contributed by atoms with Crippen LogP contribution < -0.4 is 10.1 Å². The van der Waals surface area contributed by atoms with Gasteiger partial charge in [0.15, 0.2) is 0 Å². The molecule has 0 saturated heterocycles. The van der Waals surface area contributed by atoms with Crippen molar-refractivity contribution in [2.75, 3.05) is 13.2 Å². The Morgan fingerprint density at radius 2 is 2.00 bits per heavy atom. The average Bonchev–Trinajstić information content (AvgIpc) is 2.82. The van der Waals surface area contributed by atoms with Crippen LogP contribution in [-0.4, -0.2) is 30.8 Å². The van der Waals surface area contributed by atoms with E-state index in [1.165, 1.54) is 10.9 Å². The molecular formula is C17H20BN3O. The Labute approximate surface area is 131 Å². The van der Waals surface area contributed by atoms with E-state index in [0.717, 1.165) is 30.0 Å². The molecule has 2 aromatic carbocycles. The van der Waals surface area contributed by atoms with Crippen LogP contribution in [0.25, 0.3) is 10.9 Å². The first-order valence-electron chi connectivity index (χ1n) is 7.55. The number of nitrogens with zero attached hydrogens (tertiary/aromatic N) is 2. The van der Waals surface area contributed by atoms with Crippen LogP contribution in [0.4, 0.5) is 0 Å². The van der Waals surface area contributed by atoms with E-state index in [1.807, 2.05) is 37.7 Å². The molecule has 3 aromatic rings. The topological polar surface area (TPSA) is 39.1 Å². The number of nitrogens with one attached hydrogen (secondary N) is 1. The van der Waals surface area contributed by atoms with Crippen LogP contribution in [0.1, 0.15) is 11.3 Å². The van der Waals surface area contributed by atoms with Gasteiger partial charge in [0, 0.05) is 24.5 Å². The summed E-state index contributed by atoms with van der Waals surface area (Å²) in [6.07, 6.45) is 0. The minimum atomic E-state index is 0.648. The van der Waals surface area contributed by atoms with Crippen LogP contribution in [0.2, 0.25) is 0 Å². The van der Waals surface area contributed by atoms with E-state index in [4.69, 9.17) is 4.74 Å². The lowest BCUT2D eigenvalue weighted by molar-refractivity contribution is 0.314. The monoisotopic (exact) mass is 293 g/mol. The highest BCUT2D eigenvalue weighted by molar-refractivity contribution is 6.10. The first-order valence-corrected chi connectivity index (χ1v) is 7.55. The number of rotatable bonds is 6. The molecule has 0 aliphatic rings. The van der Waals surface area contributed by atoms with E-state index in [1.54, 1.807) is 0 Å². The summed E-state index contributed by atoms with van der Waals surface area (Å²) in [4.78, 5) is 0. The van der Waals surface area contributed by atoms with E-state index >= 15 is 0 Å². The predicted molar refractivity (Wildman–Crippen MR) is 92.1 cm³/mol. The van der Waals surface area contributed by atoms with Crippen molar-refractivity contribution >= 4 is 18.9 Å². The van der Waals surface area contributed by atoms with Gasteiger partial charge in [0.2, 0.25) is 7.98 Å². The minimum Gasteiger partial charge on any atom is -0.492 e. The fourth-order valence-electron chi connectivity index (χ4n) is 2.58. The highest BCUT2D eigenvalue weighted by Crippen LogP contribution is 2.22. The Hall–Kier alpha value is -2.27. The lowest BCUT2D eigenvalue weighted by atomic mass is 10.2. The van der Waals surface area contributed by atoms with Gasteiger partial charge in [-0.25, -0.2) is 0 Å². The van der Waals surface area contributed by atoms with Gasteiger partial charge < -0.3 is 14.6 Å². The van der Waals surface area contributed by atoms with Gasteiger partial charge in [-0.1, -0.05) is 30.3 Å². The second kappa shape index (κ2) is 6.66. The molecule has 0 aliphatic heterocycles. The molecule has 1 N–H and O–H groups in total. The smallest absolute Gasteiger partial charge is 0.249 e. The zero-order chi connectivity index (χ0) is 15.4. The standard InChI is InChI=1S/C17H20BN3O/c1-13-16-8-7-15(11-17(16)21(18)20-13)22-10-9-19-12-14-5-3-2-4-6-14/h2-8,11,19H,9-10,12,18H2,1H3. The van der Waals surface area contributed by atoms with E-state index < -0.39 is 0 Å². The first kappa shape index (κ1) is 14.7. The van der Waals surface area contributed by atoms with Gasteiger partial charge in [-0.2, -0.15) is 5.10 Å². The van der Waals surface area contributed by atoms with Gasteiger partial charge >= 0.3 is 0 Å². The molecule has 0 spiro atoms. The molecule has 0 saturated carbocycles. The van der Waals surface area contributed by atoms with E-state index in [0.29, 0.717) is 6.61 Å². The molecule has 5 heteroatoms. The molecule has 0 radical (unpaired) electrons. The van der Waals surface area contributed by atoms with Crippen LogP contribution >= 0.6 is 0 Å². The van der Waals surface area contributed by atoms with Crippen molar-refractivity contribution in [3.63, 3.8) is 0 Å². The summed E-state index contributed by atoms with van der Waals surface area (Å²) >= 11 is 0. The van der Waals surface area contributed by atoms with Crippen molar-refractivity contribution in [3.05, 3.63) is 59.8 Å². The quantitative estimate of drug-likeness (QED) is 0.557. The van der Waals surface area contributed by atoms with Gasteiger partial charge in [-0.05, 0) is 24.6 Å². The fraction of sp³-hybridized carbons (Fsp3) is 0.235. The number of aromatic nitrogens is 2. The number of hydrogen-bond acceptors (Lipinski definition) is 3. The van der Waals surface area contributed by atoms with E-state index in [2.05, 4.69) is 40.7 Å². The molecule has 0 unspecified atom stereocenters. The molecule has 0 atom stereocenters. The lowest BCUT2D eigenvalue weighted by Gasteiger charge is -2.08. The normalized spacial score (nSPS) is 11.0. The lowest BCUT2D eigenvalue weighted by Crippen LogP contribution is -2.20. The Balaban J connectivity index is 1.50. The van der Waals surface area contributed by atoms with E-state index in [9.17, 15) is 0 Å². The summed E-state index contributed by atoms with van der Waals surface area (Å²) in [6.45, 7) is 4.35. The second-order valence-corrected chi connectivity index (χ2v) is 5.40. The molecule has 1 aromatic heterocycles. The largest absolute Gasteiger partial charge is 0.492 e. The second-order valence-electron chi connectivity index (χ2n) is 5.40. The maximum absolute atomic E-state index is 5.81. The minimum absolute atomic E-state index is 0.648. The summed E-state index contributed by atoms with van der Waals surface area (Å²) < 4.78 is 7.71. The van der Waals surface area contributed by atoms with E-state index in [-0.39, 0.29) is 0 Å². The number of benzene rings is 2. The summed E-state index contributed by atoms with van der Waals surface area (Å²) in [5.74, 6) is 0.886. The average molecular weight is 293 g/mol. The Kier molecular flexibility index (Phi) is 4.44. The van der Waals surface area contributed by atoms with Gasteiger partial charge in [0.25, 0.3) is 0 Å². The Morgan fingerprint density at radius 1 is 1.18 bits per heavy atom. The molecule has 112 valence electrons. The highest BCUT2D eigenvalue weighted by Gasteiger charge is 2.05. The third-order valence-electron chi connectivity index (χ3n) is 3.73. The third-order valence-corrected chi connectivity index (χ3v) is 3.73. The Morgan fingerprint density at radius 3 is 2.82 bits per heavy atom. The molecule has 0 amide bonds. The molecule has 22 heavy (non-hydrogen) atoms. The van der Waals surface area contributed by atoms with Crippen LogP contribution in [-0.2, 0) is 6.54 Å². The summed E-state index contributed by atoms with van der Waals surface area (Å²) in [7, 11) is 1.96. The van der Waals surface area contributed by atoms with Gasteiger partial charge in [0.05, 0.1) is 11.2 Å². The van der Waals surface area contributed by atoms with Crippen molar-refractivity contribution in [1.29, 1.82) is 0 Å². The number of fused-ring (bicyclic) bond motifs is 1. The fourth-order valence-corrected chi connectivity index (χ4v) is 2.58. The van der Waals surface area contributed by atoms with Gasteiger partial charge in [-0.3, -0.25) is 0 Å². The van der Waals surface area contributed by atoms with Gasteiger partial charge in [-0.15, -0.1) is 0 Å².